The molecule has 0 bridgehead atoms. The first-order valence-electron chi connectivity index (χ1n) is 5.65. The Morgan fingerprint density at radius 1 is 1.67 bits per heavy atom. The zero-order chi connectivity index (χ0) is 10.5. The predicted octanol–water partition coefficient (Wildman–Crippen LogP) is 1.85. The summed E-state index contributed by atoms with van der Waals surface area (Å²) >= 11 is 0. The van der Waals surface area contributed by atoms with E-state index in [1.54, 1.807) is 6.20 Å². The molecular weight excluding hydrogens is 192 g/mol. The number of hydrogen-bond acceptors (Lipinski definition) is 3. The van der Waals surface area contributed by atoms with Crippen molar-refractivity contribution in [3.63, 3.8) is 0 Å². The van der Waals surface area contributed by atoms with Gasteiger partial charge >= 0.3 is 0 Å². The molecule has 0 spiro atoms. The van der Waals surface area contributed by atoms with Crippen molar-refractivity contribution in [1.29, 1.82) is 0 Å². The maximum Gasteiger partial charge on any atom is 0.157 e. The van der Waals surface area contributed by atoms with Gasteiger partial charge in [0.15, 0.2) is 5.75 Å². The third kappa shape index (κ3) is 2.96. The predicted molar refractivity (Wildman–Crippen MR) is 57.0 cm³/mol. The van der Waals surface area contributed by atoms with Crippen molar-refractivity contribution < 1.29 is 9.47 Å². The highest BCUT2D eigenvalue weighted by atomic mass is 16.5. The molecule has 1 aliphatic rings. The molecule has 15 heavy (non-hydrogen) atoms. The summed E-state index contributed by atoms with van der Waals surface area (Å²) < 4.78 is 13.0. The summed E-state index contributed by atoms with van der Waals surface area (Å²) in [4.78, 5) is 0. The Morgan fingerprint density at radius 3 is 3.33 bits per heavy atom. The Hall–Kier alpha value is -1.03. The van der Waals surface area contributed by atoms with Crippen LogP contribution < -0.4 is 4.74 Å². The topological polar surface area (TPSA) is 36.3 Å². The van der Waals surface area contributed by atoms with Crippen molar-refractivity contribution >= 4 is 0 Å². The molecule has 1 atom stereocenters. The summed E-state index contributed by atoms with van der Waals surface area (Å²) in [5, 5.41) is 4.22. The lowest BCUT2D eigenvalue weighted by molar-refractivity contribution is 0.00739. The molecule has 0 radical (unpaired) electrons. The monoisotopic (exact) mass is 210 g/mol. The van der Waals surface area contributed by atoms with Crippen molar-refractivity contribution in [2.45, 2.75) is 38.8 Å². The second kappa shape index (κ2) is 5.16. The van der Waals surface area contributed by atoms with Gasteiger partial charge in [0, 0.05) is 13.2 Å². The second-order valence-corrected chi connectivity index (χ2v) is 3.90. The summed E-state index contributed by atoms with van der Waals surface area (Å²) in [6.45, 7) is 4.66. The fourth-order valence-corrected chi connectivity index (χ4v) is 1.75. The maximum absolute atomic E-state index is 5.77. The van der Waals surface area contributed by atoms with Crippen LogP contribution in [-0.2, 0) is 11.3 Å². The van der Waals surface area contributed by atoms with Crippen molar-refractivity contribution in [1.82, 2.24) is 9.78 Å². The van der Waals surface area contributed by atoms with Crippen molar-refractivity contribution in [2.24, 2.45) is 0 Å². The van der Waals surface area contributed by atoms with E-state index < -0.39 is 0 Å². The van der Waals surface area contributed by atoms with E-state index in [2.05, 4.69) is 12.0 Å². The Kier molecular flexibility index (Phi) is 3.61. The lowest BCUT2D eigenvalue weighted by atomic mass is 10.2. The Balaban J connectivity index is 1.86. The van der Waals surface area contributed by atoms with Gasteiger partial charge in [-0.1, -0.05) is 6.92 Å². The average Bonchev–Trinajstić information content (AvgIpc) is 2.68. The standard InChI is InChI=1S/C11H18N2O2/c1-2-5-13-8-11(7-12-13)15-10-4-3-6-14-9-10/h7-8,10H,2-6,9H2,1H3. The molecule has 1 unspecified atom stereocenters. The molecule has 1 aromatic heterocycles. The molecular formula is C11H18N2O2. The van der Waals surface area contributed by atoms with E-state index in [0.717, 1.165) is 38.2 Å². The molecule has 0 saturated carbocycles. The molecule has 4 heteroatoms. The number of rotatable bonds is 4. The first-order valence-corrected chi connectivity index (χ1v) is 5.65. The molecule has 1 fully saturated rings. The molecule has 0 aromatic carbocycles. The molecule has 0 amide bonds. The third-order valence-electron chi connectivity index (χ3n) is 2.48. The SMILES string of the molecule is CCCn1cc(OC2CCCOC2)cn1. The van der Waals surface area contributed by atoms with Crippen molar-refractivity contribution in [2.75, 3.05) is 13.2 Å². The van der Waals surface area contributed by atoms with Gasteiger partial charge in [0.1, 0.15) is 6.10 Å². The van der Waals surface area contributed by atoms with E-state index in [1.807, 2.05) is 10.9 Å². The molecule has 0 N–H and O–H groups in total. The van der Waals surface area contributed by atoms with E-state index in [1.165, 1.54) is 0 Å². The first-order chi connectivity index (χ1) is 7.38. The zero-order valence-corrected chi connectivity index (χ0v) is 9.19. The smallest absolute Gasteiger partial charge is 0.157 e. The van der Waals surface area contributed by atoms with E-state index in [4.69, 9.17) is 9.47 Å². The van der Waals surface area contributed by atoms with Gasteiger partial charge in [-0.15, -0.1) is 0 Å². The van der Waals surface area contributed by atoms with Crippen LogP contribution in [0, 0.1) is 0 Å². The van der Waals surface area contributed by atoms with Crippen LogP contribution in [-0.4, -0.2) is 29.1 Å². The second-order valence-electron chi connectivity index (χ2n) is 3.90. The average molecular weight is 210 g/mol. The van der Waals surface area contributed by atoms with Gasteiger partial charge in [-0.05, 0) is 19.3 Å². The van der Waals surface area contributed by atoms with Crippen LogP contribution in [0.5, 0.6) is 5.75 Å². The number of aromatic nitrogens is 2. The van der Waals surface area contributed by atoms with Crippen molar-refractivity contribution in [3.8, 4) is 5.75 Å². The van der Waals surface area contributed by atoms with Crippen LogP contribution in [0.2, 0.25) is 0 Å². The maximum atomic E-state index is 5.77. The van der Waals surface area contributed by atoms with E-state index in [-0.39, 0.29) is 6.10 Å². The van der Waals surface area contributed by atoms with E-state index in [0.29, 0.717) is 6.61 Å². The van der Waals surface area contributed by atoms with Crippen LogP contribution in [0.1, 0.15) is 26.2 Å². The minimum Gasteiger partial charge on any atom is -0.485 e. The number of aryl methyl sites for hydroxylation is 1. The fraction of sp³-hybridized carbons (Fsp3) is 0.727. The van der Waals surface area contributed by atoms with Crippen LogP contribution in [0.3, 0.4) is 0 Å². The number of ether oxygens (including phenoxy) is 2. The molecule has 2 heterocycles. The van der Waals surface area contributed by atoms with Crippen LogP contribution >= 0.6 is 0 Å². The molecule has 1 aliphatic heterocycles. The first kappa shape index (κ1) is 10.5. The normalized spacial score (nSPS) is 21.5. The van der Waals surface area contributed by atoms with Gasteiger partial charge in [-0.25, -0.2) is 0 Å². The van der Waals surface area contributed by atoms with E-state index >= 15 is 0 Å². The molecule has 0 aliphatic carbocycles. The van der Waals surface area contributed by atoms with Crippen LogP contribution in [0.15, 0.2) is 12.4 Å². The third-order valence-corrected chi connectivity index (χ3v) is 2.48. The number of hydrogen-bond donors (Lipinski definition) is 0. The van der Waals surface area contributed by atoms with Gasteiger partial charge in [0.2, 0.25) is 0 Å². The Labute approximate surface area is 90.2 Å². The van der Waals surface area contributed by atoms with E-state index in [9.17, 15) is 0 Å². The summed E-state index contributed by atoms with van der Waals surface area (Å²) in [6.07, 6.45) is 7.21. The van der Waals surface area contributed by atoms with Crippen LogP contribution in [0.4, 0.5) is 0 Å². The van der Waals surface area contributed by atoms with Crippen LogP contribution in [0.25, 0.3) is 0 Å². The van der Waals surface area contributed by atoms with Gasteiger partial charge in [0.25, 0.3) is 0 Å². The lowest BCUT2D eigenvalue weighted by Gasteiger charge is -2.22. The van der Waals surface area contributed by atoms with Gasteiger partial charge in [-0.3, -0.25) is 4.68 Å². The molecule has 1 saturated heterocycles. The molecule has 1 aromatic rings. The Bertz CT molecular complexity index is 293. The molecule has 2 rings (SSSR count). The summed E-state index contributed by atoms with van der Waals surface area (Å²) in [6, 6.07) is 0. The van der Waals surface area contributed by atoms with Gasteiger partial charge < -0.3 is 9.47 Å². The summed E-state index contributed by atoms with van der Waals surface area (Å²) in [7, 11) is 0. The Morgan fingerprint density at radius 2 is 2.60 bits per heavy atom. The summed E-state index contributed by atoms with van der Waals surface area (Å²) in [5.41, 5.74) is 0. The molecule has 84 valence electrons. The fourth-order valence-electron chi connectivity index (χ4n) is 1.75. The summed E-state index contributed by atoms with van der Waals surface area (Å²) in [5.74, 6) is 0.860. The zero-order valence-electron chi connectivity index (χ0n) is 9.19. The van der Waals surface area contributed by atoms with Gasteiger partial charge in [0.05, 0.1) is 19.0 Å². The number of nitrogens with zero attached hydrogens (tertiary/aromatic N) is 2. The van der Waals surface area contributed by atoms with Crippen molar-refractivity contribution in [3.05, 3.63) is 12.4 Å². The van der Waals surface area contributed by atoms with Gasteiger partial charge in [-0.2, -0.15) is 5.10 Å². The molecule has 4 nitrogen and oxygen atoms in total. The highest BCUT2D eigenvalue weighted by Gasteiger charge is 2.15. The largest absolute Gasteiger partial charge is 0.485 e. The highest BCUT2D eigenvalue weighted by Crippen LogP contribution is 2.16. The quantitative estimate of drug-likeness (QED) is 0.761. The minimum atomic E-state index is 0.207. The highest BCUT2D eigenvalue weighted by molar-refractivity contribution is 5.12. The minimum absolute atomic E-state index is 0.207. The lowest BCUT2D eigenvalue weighted by Crippen LogP contribution is -2.27.